The SMILES string of the molecule is Cc1ccc(/C=C/C(=O)NC2(C(=O)O)CCCC2)cc1. The summed E-state index contributed by atoms with van der Waals surface area (Å²) < 4.78 is 0. The summed E-state index contributed by atoms with van der Waals surface area (Å²) in [7, 11) is 0. The lowest BCUT2D eigenvalue weighted by atomic mass is 9.98. The molecule has 2 rings (SSSR count). The van der Waals surface area contributed by atoms with Crippen molar-refractivity contribution in [3.05, 3.63) is 41.5 Å². The number of aryl methyl sites for hydroxylation is 1. The van der Waals surface area contributed by atoms with Gasteiger partial charge in [-0.25, -0.2) is 4.79 Å². The molecule has 1 aliphatic carbocycles. The highest BCUT2D eigenvalue weighted by Crippen LogP contribution is 2.29. The van der Waals surface area contributed by atoms with Gasteiger partial charge in [-0.15, -0.1) is 0 Å². The molecule has 4 nitrogen and oxygen atoms in total. The molecule has 0 atom stereocenters. The lowest BCUT2D eigenvalue weighted by Gasteiger charge is -2.24. The smallest absolute Gasteiger partial charge is 0.329 e. The number of hydrogen-bond acceptors (Lipinski definition) is 2. The Morgan fingerprint density at radius 3 is 2.35 bits per heavy atom. The highest BCUT2D eigenvalue weighted by Gasteiger charge is 2.42. The van der Waals surface area contributed by atoms with Gasteiger partial charge >= 0.3 is 5.97 Å². The largest absolute Gasteiger partial charge is 0.480 e. The van der Waals surface area contributed by atoms with Crippen LogP contribution in [0.4, 0.5) is 0 Å². The number of aliphatic carboxylic acids is 1. The fourth-order valence-electron chi connectivity index (χ4n) is 2.50. The van der Waals surface area contributed by atoms with E-state index in [2.05, 4.69) is 5.32 Å². The molecule has 1 amide bonds. The van der Waals surface area contributed by atoms with Gasteiger partial charge in [0.05, 0.1) is 0 Å². The lowest BCUT2D eigenvalue weighted by Crippen LogP contribution is -2.52. The van der Waals surface area contributed by atoms with Crippen molar-refractivity contribution in [3.63, 3.8) is 0 Å². The Morgan fingerprint density at radius 2 is 1.80 bits per heavy atom. The summed E-state index contributed by atoms with van der Waals surface area (Å²) in [5.41, 5.74) is 0.998. The summed E-state index contributed by atoms with van der Waals surface area (Å²) in [6.07, 6.45) is 5.79. The summed E-state index contributed by atoms with van der Waals surface area (Å²) in [5.74, 6) is -1.29. The van der Waals surface area contributed by atoms with Crippen molar-refractivity contribution in [2.24, 2.45) is 0 Å². The third kappa shape index (κ3) is 3.26. The molecule has 20 heavy (non-hydrogen) atoms. The minimum absolute atomic E-state index is 0.352. The van der Waals surface area contributed by atoms with Crippen molar-refractivity contribution in [3.8, 4) is 0 Å². The van der Waals surface area contributed by atoms with Gasteiger partial charge < -0.3 is 10.4 Å². The van der Waals surface area contributed by atoms with Crippen LogP contribution in [0.3, 0.4) is 0 Å². The van der Waals surface area contributed by atoms with E-state index in [1.165, 1.54) is 6.08 Å². The number of hydrogen-bond donors (Lipinski definition) is 2. The quantitative estimate of drug-likeness (QED) is 0.828. The molecule has 0 radical (unpaired) electrons. The van der Waals surface area contributed by atoms with E-state index in [-0.39, 0.29) is 5.91 Å². The van der Waals surface area contributed by atoms with Crippen LogP contribution in [0.5, 0.6) is 0 Å². The van der Waals surface area contributed by atoms with Gasteiger partial charge in [0.25, 0.3) is 0 Å². The van der Waals surface area contributed by atoms with E-state index >= 15 is 0 Å². The van der Waals surface area contributed by atoms with Crippen molar-refractivity contribution in [2.45, 2.75) is 38.1 Å². The third-order valence-corrected chi connectivity index (χ3v) is 3.73. The molecule has 1 saturated carbocycles. The van der Waals surface area contributed by atoms with E-state index in [0.29, 0.717) is 12.8 Å². The third-order valence-electron chi connectivity index (χ3n) is 3.73. The van der Waals surface area contributed by atoms with Gasteiger partial charge in [0.1, 0.15) is 5.54 Å². The summed E-state index contributed by atoms with van der Waals surface area (Å²) in [4.78, 5) is 23.2. The van der Waals surface area contributed by atoms with Gasteiger partial charge in [-0.2, -0.15) is 0 Å². The first-order chi connectivity index (χ1) is 9.52. The molecule has 0 bridgehead atoms. The molecule has 0 spiro atoms. The molecule has 0 heterocycles. The first kappa shape index (κ1) is 14.3. The topological polar surface area (TPSA) is 66.4 Å². The number of carbonyl (C=O) groups excluding carboxylic acids is 1. The maximum atomic E-state index is 11.9. The molecule has 1 fully saturated rings. The summed E-state index contributed by atoms with van der Waals surface area (Å²) >= 11 is 0. The zero-order valence-electron chi connectivity index (χ0n) is 11.6. The summed E-state index contributed by atoms with van der Waals surface area (Å²) in [6.45, 7) is 2.00. The van der Waals surface area contributed by atoms with Crippen LogP contribution < -0.4 is 5.32 Å². The Kier molecular flexibility index (Phi) is 4.23. The first-order valence-corrected chi connectivity index (χ1v) is 6.82. The standard InChI is InChI=1S/C16H19NO3/c1-12-4-6-13(7-5-12)8-9-14(18)17-16(15(19)20)10-2-3-11-16/h4-9H,2-3,10-11H2,1H3,(H,17,18)(H,19,20)/b9-8+. The molecule has 0 aliphatic heterocycles. The molecule has 2 N–H and O–H groups in total. The van der Waals surface area contributed by atoms with Crippen molar-refractivity contribution >= 4 is 18.0 Å². The van der Waals surface area contributed by atoms with Crippen LogP contribution in [-0.4, -0.2) is 22.5 Å². The van der Waals surface area contributed by atoms with Gasteiger partial charge in [-0.3, -0.25) is 4.79 Å². The molecule has 106 valence electrons. The van der Waals surface area contributed by atoms with E-state index in [9.17, 15) is 14.7 Å². The molecule has 1 aromatic carbocycles. The monoisotopic (exact) mass is 273 g/mol. The fourth-order valence-corrected chi connectivity index (χ4v) is 2.50. The summed E-state index contributed by atoms with van der Waals surface area (Å²) in [5, 5.41) is 11.9. The van der Waals surface area contributed by atoms with Crippen LogP contribution in [-0.2, 0) is 9.59 Å². The Labute approximate surface area is 118 Å². The molecule has 0 saturated heterocycles. The number of rotatable bonds is 4. The van der Waals surface area contributed by atoms with Gasteiger partial charge in [-0.05, 0) is 31.4 Å². The van der Waals surface area contributed by atoms with E-state index in [4.69, 9.17) is 0 Å². The second-order valence-electron chi connectivity index (χ2n) is 5.33. The van der Waals surface area contributed by atoms with Crippen LogP contribution in [0.2, 0.25) is 0 Å². The minimum Gasteiger partial charge on any atom is -0.480 e. The zero-order valence-corrected chi connectivity index (χ0v) is 11.6. The predicted molar refractivity (Wildman–Crippen MR) is 77.2 cm³/mol. The Bertz CT molecular complexity index is 525. The van der Waals surface area contributed by atoms with Crippen LogP contribution >= 0.6 is 0 Å². The molecular weight excluding hydrogens is 254 g/mol. The van der Waals surface area contributed by atoms with Gasteiger partial charge in [-0.1, -0.05) is 42.7 Å². The maximum absolute atomic E-state index is 11.9. The molecular formula is C16H19NO3. The highest BCUT2D eigenvalue weighted by atomic mass is 16.4. The average molecular weight is 273 g/mol. The van der Waals surface area contributed by atoms with E-state index in [0.717, 1.165) is 24.0 Å². The van der Waals surface area contributed by atoms with Crippen LogP contribution in [0.1, 0.15) is 36.8 Å². The predicted octanol–water partition coefficient (Wildman–Crippen LogP) is 2.52. The normalized spacial score (nSPS) is 17.2. The Morgan fingerprint density at radius 1 is 1.20 bits per heavy atom. The summed E-state index contributed by atoms with van der Waals surface area (Å²) in [6, 6.07) is 7.77. The second-order valence-corrected chi connectivity index (χ2v) is 5.33. The molecule has 1 aliphatic rings. The Hall–Kier alpha value is -2.10. The molecule has 0 aromatic heterocycles. The maximum Gasteiger partial charge on any atom is 0.329 e. The van der Waals surface area contributed by atoms with E-state index in [1.807, 2.05) is 31.2 Å². The number of benzene rings is 1. The van der Waals surface area contributed by atoms with Gasteiger partial charge in [0, 0.05) is 6.08 Å². The van der Waals surface area contributed by atoms with E-state index in [1.54, 1.807) is 6.08 Å². The minimum atomic E-state index is -1.07. The van der Waals surface area contributed by atoms with Crippen molar-refractivity contribution in [2.75, 3.05) is 0 Å². The van der Waals surface area contributed by atoms with Crippen LogP contribution in [0, 0.1) is 6.92 Å². The number of carbonyl (C=O) groups is 2. The zero-order chi connectivity index (χ0) is 14.6. The first-order valence-electron chi connectivity index (χ1n) is 6.82. The second kappa shape index (κ2) is 5.90. The fraction of sp³-hybridized carbons (Fsp3) is 0.375. The average Bonchev–Trinajstić information content (AvgIpc) is 2.88. The molecule has 1 aromatic rings. The lowest BCUT2D eigenvalue weighted by molar-refractivity contribution is -0.146. The van der Waals surface area contributed by atoms with Crippen LogP contribution in [0.15, 0.2) is 30.3 Å². The van der Waals surface area contributed by atoms with Crippen LogP contribution in [0.25, 0.3) is 6.08 Å². The number of nitrogens with one attached hydrogen (secondary N) is 1. The Balaban J connectivity index is 2.01. The number of carboxylic acids is 1. The number of amides is 1. The van der Waals surface area contributed by atoms with Crippen molar-refractivity contribution in [1.82, 2.24) is 5.32 Å². The van der Waals surface area contributed by atoms with E-state index < -0.39 is 11.5 Å². The number of carboxylic acid groups (broad SMARTS) is 1. The van der Waals surface area contributed by atoms with Crippen molar-refractivity contribution in [1.29, 1.82) is 0 Å². The molecule has 0 unspecified atom stereocenters. The van der Waals surface area contributed by atoms with Gasteiger partial charge in [0.2, 0.25) is 5.91 Å². The van der Waals surface area contributed by atoms with Gasteiger partial charge in [0.15, 0.2) is 0 Å². The highest BCUT2D eigenvalue weighted by molar-refractivity contribution is 5.95. The van der Waals surface area contributed by atoms with Crippen molar-refractivity contribution < 1.29 is 14.7 Å². The molecule has 4 heteroatoms.